The highest BCUT2D eigenvalue weighted by Crippen LogP contribution is 2.42. The van der Waals surface area contributed by atoms with Crippen LogP contribution in [0.4, 0.5) is 15.8 Å². The second-order valence-corrected chi connectivity index (χ2v) is 6.67. The van der Waals surface area contributed by atoms with Gasteiger partial charge in [-0.05, 0) is 30.3 Å². The largest absolute Gasteiger partial charge is 0.354 e. The van der Waals surface area contributed by atoms with Crippen molar-refractivity contribution in [2.24, 2.45) is 0 Å². The molecule has 0 saturated heterocycles. The van der Waals surface area contributed by atoms with E-state index in [2.05, 4.69) is 40.2 Å². The average Bonchev–Trinajstić information content (AvgIpc) is 3.05. The van der Waals surface area contributed by atoms with E-state index in [0.29, 0.717) is 17.1 Å². The zero-order valence-electron chi connectivity index (χ0n) is 13.3. The van der Waals surface area contributed by atoms with Crippen LogP contribution in [0.5, 0.6) is 0 Å². The fourth-order valence-electron chi connectivity index (χ4n) is 3.53. The predicted molar refractivity (Wildman–Crippen MR) is 101 cm³/mol. The number of anilines is 2. The van der Waals surface area contributed by atoms with E-state index in [1.807, 2.05) is 30.3 Å². The van der Waals surface area contributed by atoms with Gasteiger partial charge in [-0.2, -0.15) is 0 Å². The van der Waals surface area contributed by atoms with E-state index in [-0.39, 0.29) is 5.82 Å². The lowest BCUT2D eigenvalue weighted by molar-refractivity contribution is 0.601. The highest BCUT2D eigenvalue weighted by Gasteiger charge is 2.25. The number of hydrogen-bond donors (Lipinski definition) is 1. The van der Waals surface area contributed by atoms with Crippen molar-refractivity contribution in [3.05, 3.63) is 83.1 Å². The van der Waals surface area contributed by atoms with Crippen molar-refractivity contribution in [3.63, 3.8) is 0 Å². The van der Waals surface area contributed by atoms with E-state index in [1.165, 1.54) is 5.39 Å². The minimum Gasteiger partial charge on any atom is -0.354 e. The van der Waals surface area contributed by atoms with Crippen molar-refractivity contribution >= 4 is 33.9 Å². The third-order valence-corrected chi connectivity index (χ3v) is 5.11. The van der Waals surface area contributed by atoms with Crippen molar-refractivity contribution in [2.75, 3.05) is 4.90 Å². The fraction of sp³-hybridized carbons (Fsp3) is 0.0476. The fourth-order valence-corrected chi connectivity index (χ4v) is 3.79. The highest BCUT2D eigenvalue weighted by atomic mass is 35.5. The zero-order chi connectivity index (χ0) is 17.0. The average molecular weight is 349 g/mol. The van der Waals surface area contributed by atoms with Crippen LogP contribution in [0.3, 0.4) is 0 Å². The van der Waals surface area contributed by atoms with E-state index in [4.69, 9.17) is 11.6 Å². The van der Waals surface area contributed by atoms with Gasteiger partial charge in [0.05, 0.1) is 17.3 Å². The quantitative estimate of drug-likeness (QED) is 0.451. The molecule has 4 aromatic rings. The van der Waals surface area contributed by atoms with Crippen LogP contribution in [-0.4, -0.2) is 4.98 Å². The van der Waals surface area contributed by atoms with Gasteiger partial charge in [0.25, 0.3) is 0 Å². The van der Waals surface area contributed by atoms with E-state index in [0.717, 1.165) is 28.1 Å². The molecule has 2 bridgehead atoms. The first-order valence-electron chi connectivity index (χ1n) is 8.13. The van der Waals surface area contributed by atoms with Crippen molar-refractivity contribution in [1.29, 1.82) is 0 Å². The van der Waals surface area contributed by atoms with Crippen LogP contribution >= 0.6 is 11.6 Å². The number of hydrogen-bond acceptors (Lipinski definition) is 1. The number of aromatic amines is 1. The number of halogens is 2. The van der Waals surface area contributed by atoms with Gasteiger partial charge in [0, 0.05) is 33.4 Å². The highest BCUT2D eigenvalue weighted by molar-refractivity contribution is 6.32. The maximum atomic E-state index is 14.0. The Labute approximate surface area is 149 Å². The molecule has 3 heterocycles. The standard InChI is InChI=1S/C21H14ClFN2/c22-17-10-14-11-18(23)16(17)12-25(14)21-8-4-2-6-15(21)20-9-13-5-1-3-7-19(13)24-20/h1-11,24H,12H2. The Morgan fingerprint density at radius 2 is 1.76 bits per heavy atom. The lowest BCUT2D eigenvalue weighted by Crippen LogP contribution is -2.23. The minimum atomic E-state index is -0.234. The van der Waals surface area contributed by atoms with Gasteiger partial charge in [-0.3, -0.25) is 0 Å². The number of rotatable bonds is 2. The zero-order valence-corrected chi connectivity index (χ0v) is 14.0. The van der Waals surface area contributed by atoms with Crippen molar-refractivity contribution in [2.45, 2.75) is 6.54 Å². The summed E-state index contributed by atoms with van der Waals surface area (Å²) in [4.78, 5) is 5.58. The van der Waals surface area contributed by atoms with Gasteiger partial charge in [0.2, 0.25) is 0 Å². The SMILES string of the molecule is Fc1cc2cc(Cl)c1CN2c1ccccc1-c1cc2ccccc2[nH]1. The lowest BCUT2D eigenvalue weighted by Gasteiger charge is -2.32. The van der Waals surface area contributed by atoms with Gasteiger partial charge in [-0.1, -0.05) is 48.0 Å². The molecule has 4 heteroatoms. The van der Waals surface area contributed by atoms with E-state index >= 15 is 0 Å². The smallest absolute Gasteiger partial charge is 0.131 e. The summed E-state index contributed by atoms with van der Waals surface area (Å²) < 4.78 is 14.0. The van der Waals surface area contributed by atoms with E-state index in [1.54, 1.807) is 6.07 Å². The molecule has 0 atom stereocenters. The number of nitrogens with zero attached hydrogens (tertiary/aromatic N) is 1. The van der Waals surface area contributed by atoms with Crippen molar-refractivity contribution in [1.82, 2.24) is 4.98 Å². The van der Waals surface area contributed by atoms with Gasteiger partial charge < -0.3 is 9.88 Å². The molecule has 1 aromatic heterocycles. The summed E-state index contributed by atoms with van der Waals surface area (Å²) in [5.74, 6) is -0.234. The molecule has 0 unspecified atom stereocenters. The molecule has 3 aromatic carbocycles. The summed E-state index contributed by atoms with van der Waals surface area (Å²) in [6.07, 6.45) is 0. The van der Waals surface area contributed by atoms with Crippen LogP contribution in [0.15, 0.2) is 66.7 Å². The Hall–Kier alpha value is -2.78. The summed E-state index contributed by atoms with van der Waals surface area (Å²) in [7, 11) is 0. The molecule has 2 aliphatic heterocycles. The second-order valence-electron chi connectivity index (χ2n) is 6.26. The molecule has 6 rings (SSSR count). The van der Waals surface area contributed by atoms with Gasteiger partial charge in [0.1, 0.15) is 5.82 Å². The number of para-hydroxylation sites is 2. The maximum absolute atomic E-state index is 14.0. The van der Waals surface area contributed by atoms with Crippen molar-refractivity contribution < 1.29 is 4.39 Å². The van der Waals surface area contributed by atoms with Crippen LogP contribution in [0.2, 0.25) is 5.02 Å². The summed E-state index contributed by atoms with van der Waals surface area (Å²) in [6.45, 7) is 0.449. The monoisotopic (exact) mass is 348 g/mol. The molecular formula is C21H14ClFN2. The molecule has 25 heavy (non-hydrogen) atoms. The van der Waals surface area contributed by atoms with Crippen LogP contribution in [0, 0.1) is 5.82 Å². The molecule has 2 nitrogen and oxygen atoms in total. The van der Waals surface area contributed by atoms with E-state index < -0.39 is 0 Å². The Bertz CT molecular complexity index is 1060. The molecule has 122 valence electrons. The molecule has 1 N–H and O–H groups in total. The van der Waals surface area contributed by atoms with Gasteiger partial charge >= 0.3 is 0 Å². The van der Waals surface area contributed by atoms with Gasteiger partial charge in [-0.25, -0.2) is 4.39 Å². The number of H-pyrrole nitrogens is 1. The number of nitrogens with one attached hydrogen (secondary N) is 1. The van der Waals surface area contributed by atoms with Gasteiger partial charge in [-0.15, -0.1) is 0 Å². The molecule has 0 fully saturated rings. The van der Waals surface area contributed by atoms with Crippen LogP contribution < -0.4 is 4.90 Å². The Morgan fingerprint density at radius 1 is 0.960 bits per heavy atom. The molecule has 0 radical (unpaired) electrons. The van der Waals surface area contributed by atoms with Crippen LogP contribution in [-0.2, 0) is 6.54 Å². The summed E-state index contributed by atoms with van der Waals surface area (Å²) in [6, 6.07) is 21.9. The first kappa shape index (κ1) is 14.6. The summed E-state index contributed by atoms with van der Waals surface area (Å²) in [5.41, 5.74) is 5.58. The van der Waals surface area contributed by atoms with Crippen LogP contribution in [0.25, 0.3) is 22.2 Å². The predicted octanol–water partition coefficient (Wildman–Crippen LogP) is 6.28. The second kappa shape index (κ2) is 5.36. The maximum Gasteiger partial charge on any atom is 0.131 e. The third-order valence-electron chi connectivity index (χ3n) is 4.77. The normalized spacial score (nSPS) is 13.0. The number of benzene rings is 3. The first-order valence-corrected chi connectivity index (χ1v) is 8.51. The number of fused-ring (bicyclic) bond motifs is 4. The topological polar surface area (TPSA) is 19.0 Å². The van der Waals surface area contributed by atoms with Gasteiger partial charge in [0.15, 0.2) is 0 Å². The Balaban J connectivity index is 1.67. The first-order chi connectivity index (χ1) is 12.2. The van der Waals surface area contributed by atoms with Crippen molar-refractivity contribution in [3.8, 4) is 11.3 Å². The Kier molecular flexibility index (Phi) is 3.12. The molecule has 0 spiro atoms. The molecule has 0 amide bonds. The molecule has 0 saturated carbocycles. The molecular weight excluding hydrogens is 335 g/mol. The third kappa shape index (κ3) is 2.24. The molecule has 0 aliphatic carbocycles. The minimum absolute atomic E-state index is 0.234. The van der Waals surface area contributed by atoms with Crippen LogP contribution in [0.1, 0.15) is 5.56 Å². The Morgan fingerprint density at radius 3 is 2.56 bits per heavy atom. The number of aromatic nitrogens is 1. The van der Waals surface area contributed by atoms with E-state index in [9.17, 15) is 4.39 Å². The lowest BCUT2D eigenvalue weighted by atomic mass is 10.0. The summed E-state index contributed by atoms with van der Waals surface area (Å²) in [5, 5.41) is 1.66. The summed E-state index contributed by atoms with van der Waals surface area (Å²) >= 11 is 6.16. The molecule has 2 aliphatic rings.